The lowest BCUT2D eigenvalue weighted by Gasteiger charge is -2.18. The van der Waals surface area contributed by atoms with E-state index in [1.54, 1.807) is 7.11 Å². The molecule has 1 saturated heterocycles. The van der Waals surface area contributed by atoms with Gasteiger partial charge in [0.2, 0.25) is 11.8 Å². The second-order valence-corrected chi connectivity index (χ2v) is 4.71. The van der Waals surface area contributed by atoms with E-state index in [1.807, 2.05) is 31.2 Å². The number of nitrogens with one attached hydrogen (secondary N) is 1. The van der Waals surface area contributed by atoms with Gasteiger partial charge in [-0.2, -0.15) is 0 Å². The van der Waals surface area contributed by atoms with E-state index in [0.29, 0.717) is 0 Å². The summed E-state index contributed by atoms with van der Waals surface area (Å²) >= 11 is 0. The van der Waals surface area contributed by atoms with Crippen LogP contribution in [0.3, 0.4) is 0 Å². The highest BCUT2D eigenvalue weighted by Crippen LogP contribution is 2.20. The molecule has 0 aliphatic carbocycles. The molecule has 2 atom stereocenters. The number of carbonyl (C=O) groups is 2. The van der Waals surface area contributed by atoms with Crippen molar-refractivity contribution in [2.75, 3.05) is 14.2 Å². The Morgan fingerprint density at radius 2 is 1.95 bits per heavy atom. The summed E-state index contributed by atoms with van der Waals surface area (Å²) in [5.41, 5.74) is 1.05. The number of rotatable bonds is 4. The van der Waals surface area contributed by atoms with Crippen molar-refractivity contribution >= 4 is 11.8 Å². The van der Waals surface area contributed by atoms with Crippen LogP contribution in [0.25, 0.3) is 0 Å². The molecule has 5 heteroatoms. The molecule has 19 heavy (non-hydrogen) atoms. The molecular weight excluding hydrogens is 244 g/mol. The lowest BCUT2D eigenvalue weighted by molar-refractivity contribution is -0.137. The Labute approximate surface area is 112 Å². The number of carbonyl (C=O) groups excluding carboxylic acids is 2. The number of benzene rings is 1. The second kappa shape index (κ2) is 5.40. The summed E-state index contributed by atoms with van der Waals surface area (Å²) in [5, 5.41) is 3.19. The number of likely N-dealkylation sites (tertiary alicyclic amines) is 1. The molecule has 0 bridgehead atoms. The van der Waals surface area contributed by atoms with Crippen LogP contribution in [0.2, 0.25) is 0 Å². The smallest absolute Gasteiger partial charge is 0.246 e. The molecule has 2 rings (SSSR count). The van der Waals surface area contributed by atoms with Crippen LogP contribution in [0.1, 0.15) is 24.9 Å². The second-order valence-electron chi connectivity index (χ2n) is 4.71. The third-order valence-electron chi connectivity index (χ3n) is 3.45. The Bertz CT molecular complexity index is 484. The first-order valence-electron chi connectivity index (χ1n) is 6.23. The molecular formula is C14H18N2O3. The van der Waals surface area contributed by atoms with Gasteiger partial charge in [0.15, 0.2) is 0 Å². The number of amides is 2. The zero-order valence-corrected chi connectivity index (χ0v) is 11.3. The van der Waals surface area contributed by atoms with E-state index in [9.17, 15) is 9.59 Å². The van der Waals surface area contributed by atoms with E-state index in [0.717, 1.165) is 11.3 Å². The lowest BCUT2D eigenvalue weighted by Crippen LogP contribution is -2.38. The molecule has 1 aliphatic heterocycles. The SMILES string of the molecule is COc1ccc([C@H](C)NC2CC(=O)N(C)C2=O)cc1. The predicted octanol–water partition coefficient (Wildman–Crippen LogP) is 1.10. The first-order chi connectivity index (χ1) is 9.02. The highest BCUT2D eigenvalue weighted by Gasteiger charge is 2.36. The highest BCUT2D eigenvalue weighted by atomic mass is 16.5. The molecule has 1 unspecified atom stereocenters. The fourth-order valence-electron chi connectivity index (χ4n) is 2.18. The van der Waals surface area contributed by atoms with Crippen molar-refractivity contribution in [3.8, 4) is 5.75 Å². The van der Waals surface area contributed by atoms with Crippen molar-refractivity contribution in [2.24, 2.45) is 0 Å². The summed E-state index contributed by atoms with van der Waals surface area (Å²) in [7, 11) is 3.14. The molecule has 1 heterocycles. The standard InChI is InChI=1S/C14H18N2O3/c1-9(10-4-6-11(19-3)7-5-10)15-12-8-13(17)16(2)14(12)18/h4-7,9,12,15H,8H2,1-3H3/t9-,12?/m0/s1. The largest absolute Gasteiger partial charge is 0.497 e. The summed E-state index contributed by atoms with van der Waals surface area (Å²) in [6.07, 6.45) is 0.232. The molecule has 1 aliphatic rings. The van der Waals surface area contributed by atoms with Gasteiger partial charge in [0.25, 0.3) is 0 Å². The Morgan fingerprint density at radius 1 is 1.32 bits per heavy atom. The summed E-state index contributed by atoms with van der Waals surface area (Å²) in [5.74, 6) is 0.498. The average molecular weight is 262 g/mol. The van der Waals surface area contributed by atoms with Crippen LogP contribution in [0.15, 0.2) is 24.3 Å². The quantitative estimate of drug-likeness (QED) is 0.826. The van der Waals surface area contributed by atoms with E-state index in [1.165, 1.54) is 11.9 Å². The molecule has 1 aromatic carbocycles. The minimum absolute atomic E-state index is 0.000781. The Hall–Kier alpha value is -1.88. The predicted molar refractivity (Wildman–Crippen MR) is 70.7 cm³/mol. The molecule has 102 valence electrons. The molecule has 1 N–H and O–H groups in total. The van der Waals surface area contributed by atoms with E-state index >= 15 is 0 Å². The van der Waals surface area contributed by atoms with Gasteiger partial charge >= 0.3 is 0 Å². The van der Waals surface area contributed by atoms with Crippen molar-refractivity contribution in [3.63, 3.8) is 0 Å². The van der Waals surface area contributed by atoms with E-state index in [4.69, 9.17) is 4.74 Å². The maximum Gasteiger partial charge on any atom is 0.246 e. The third kappa shape index (κ3) is 2.76. The number of nitrogens with zero attached hydrogens (tertiary/aromatic N) is 1. The zero-order chi connectivity index (χ0) is 14.0. The van der Waals surface area contributed by atoms with Crippen molar-refractivity contribution in [2.45, 2.75) is 25.4 Å². The van der Waals surface area contributed by atoms with Crippen molar-refractivity contribution in [1.29, 1.82) is 0 Å². The summed E-state index contributed by atoms with van der Waals surface area (Å²) < 4.78 is 5.10. The monoisotopic (exact) mass is 262 g/mol. The zero-order valence-electron chi connectivity index (χ0n) is 11.3. The minimum atomic E-state index is -0.422. The number of likely N-dealkylation sites (N-methyl/N-ethyl adjacent to an activating group) is 1. The number of imide groups is 1. The van der Waals surface area contributed by atoms with Crippen molar-refractivity contribution < 1.29 is 14.3 Å². The van der Waals surface area contributed by atoms with Gasteiger partial charge in [0, 0.05) is 13.1 Å². The van der Waals surface area contributed by atoms with Gasteiger partial charge in [-0.05, 0) is 24.6 Å². The number of hydrogen-bond acceptors (Lipinski definition) is 4. The Morgan fingerprint density at radius 3 is 2.42 bits per heavy atom. The molecule has 0 saturated carbocycles. The van der Waals surface area contributed by atoms with Gasteiger partial charge in [-0.1, -0.05) is 12.1 Å². The van der Waals surface area contributed by atoms with Gasteiger partial charge in [-0.25, -0.2) is 0 Å². The molecule has 0 radical (unpaired) electrons. The molecule has 5 nitrogen and oxygen atoms in total. The summed E-state index contributed by atoms with van der Waals surface area (Å²) in [4.78, 5) is 24.4. The van der Waals surface area contributed by atoms with Crippen molar-refractivity contribution in [1.82, 2.24) is 10.2 Å². The fourth-order valence-corrected chi connectivity index (χ4v) is 2.18. The maximum absolute atomic E-state index is 11.8. The highest BCUT2D eigenvalue weighted by molar-refractivity contribution is 6.05. The van der Waals surface area contributed by atoms with E-state index in [-0.39, 0.29) is 24.3 Å². The van der Waals surface area contributed by atoms with E-state index in [2.05, 4.69) is 5.32 Å². The minimum Gasteiger partial charge on any atom is -0.497 e. The van der Waals surface area contributed by atoms with Crippen molar-refractivity contribution in [3.05, 3.63) is 29.8 Å². The number of methoxy groups -OCH3 is 1. The Kier molecular flexibility index (Phi) is 3.85. The molecule has 0 aromatic heterocycles. The topological polar surface area (TPSA) is 58.6 Å². The third-order valence-corrected chi connectivity index (χ3v) is 3.45. The normalized spacial score (nSPS) is 20.8. The maximum atomic E-state index is 11.8. The molecule has 2 amide bonds. The lowest BCUT2D eigenvalue weighted by atomic mass is 10.1. The van der Waals surface area contributed by atoms with E-state index < -0.39 is 6.04 Å². The molecule has 1 aromatic rings. The first-order valence-corrected chi connectivity index (χ1v) is 6.23. The van der Waals surface area contributed by atoms with Gasteiger partial charge in [0.05, 0.1) is 19.6 Å². The summed E-state index contributed by atoms with van der Waals surface area (Å²) in [6.45, 7) is 1.97. The van der Waals surface area contributed by atoms with Crippen LogP contribution >= 0.6 is 0 Å². The number of hydrogen-bond donors (Lipinski definition) is 1. The van der Waals surface area contributed by atoms with Crippen LogP contribution in [-0.2, 0) is 9.59 Å². The molecule has 1 fully saturated rings. The van der Waals surface area contributed by atoms with Crippen LogP contribution in [-0.4, -0.2) is 36.9 Å². The van der Waals surface area contributed by atoms with Gasteiger partial charge < -0.3 is 4.74 Å². The van der Waals surface area contributed by atoms with Crippen LogP contribution in [0.5, 0.6) is 5.75 Å². The average Bonchev–Trinajstić information content (AvgIpc) is 2.66. The van der Waals surface area contributed by atoms with Crippen LogP contribution in [0, 0.1) is 0 Å². The first kappa shape index (κ1) is 13.5. The van der Waals surface area contributed by atoms with Gasteiger partial charge in [0.1, 0.15) is 5.75 Å². The summed E-state index contributed by atoms with van der Waals surface area (Å²) in [6, 6.07) is 7.22. The Balaban J connectivity index is 2.02. The molecule has 0 spiro atoms. The van der Waals surface area contributed by atoms with Crippen LogP contribution in [0.4, 0.5) is 0 Å². The van der Waals surface area contributed by atoms with Crippen LogP contribution < -0.4 is 10.1 Å². The fraction of sp³-hybridized carbons (Fsp3) is 0.429. The van der Waals surface area contributed by atoms with Gasteiger partial charge in [-0.3, -0.25) is 19.8 Å². The van der Waals surface area contributed by atoms with Gasteiger partial charge in [-0.15, -0.1) is 0 Å². The number of ether oxygens (including phenoxy) is 1.